The summed E-state index contributed by atoms with van der Waals surface area (Å²) in [6, 6.07) is 25.4. The highest BCUT2D eigenvalue weighted by molar-refractivity contribution is 6.30. The van der Waals surface area contributed by atoms with Crippen LogP contribution in [0.3, 0.4) is 0 Å². The molecule has 4 heteroatoms. The summed E-state index contributed by atoms with van der Waals surface area (Å²) in [6.07, 6.45) is 2.88. The third-order valence-corrected chi connectivity index (χ3v) is 6.17. The Kier molecular flexibility index (Phi) is 6.96. The van der Waals surface area contributed by atoms with E-state index in [2.05, 4.69) is 71.8 Å². The number of nitrogens with one attached hydrogen (secondary N) is 2. The van der Waals surface area contributed by atoms with E-state index in [9.17, 15) is 0 Å². The fourth-order valence-electron chi connectivity index (χ4n) is 4.12. The Bertz CT molecular complexity index is 1020. The lowest BCUT2D eigenvalue weighted by molar-refractivity contribution is 0.356. The van der Waals surface area contributed by atoms with Crippen LogP contribution in [0.25, 0.3) is 0 Å². The summed E-state index contributed by atoms with van der Waals surface area (Å²) < 4.78 is 5.72. The molecule has 0 saturated heterocycles. The van der Waals surface area contributed by atoms with Crippen molar-refractivity contribution in [3.8, 4) is 5.75 Å². The molecule has 31 heavy (non-hydrogen) atoms. The van der Waals surface area contributed by atoms with Crippen molar-refractivity contribution in [3.05, 3.63) is 112 Å². The van der Waals surface area contributed by atoms with Gasteiger partial charge in [-0.15, -0.1) is 0 Å². The molecule has 0 radical (unpaired) electrons. The lowest BCUT2D eigenvalue weighted by Gasteiger charge is -2.28. The van der Waals surface area contributed by atoms with Crippen molar-refractivity contribution in [1.82, 2.24) is 10.6 Å². The minimum absolute atomic E-state index is 0.00548. The van der Waals surface area contributed by atoms with Crippen molar-refractivity contribution in [3.63, 3.8) is 0 Å². The number of hydrogen-bond acceptors (Lipinski definition) is 3. The molecule has 0 saturated carbocycles. The molecular weight excluding hydrogens is 404 g/mol. The molecule has 4 rings (SSSR count). The van der Waals surface area contributed by atoms with Gasteiger partial charge in [-0.1, -0.05) is 72.8 Å². The van der Waals surface area contributed by atoms with Crippen molar-refractivity contribution in [2.24, 2.45) is 0 Å². The maximum atomic E-state index is 6.07. The smallest absolute Gasteiger partial charge is 0.122 e. The predicted molar refractivity (Wildman–Crippen MR) is 129 cm³/mol. The van der Waals surface area contributed by atoms with Gasteiger partial charge in [0.25, 0.3) is 0 Å². The van der Waals surface area contributed by atoms with Crippen LogP contribution >= 0.6 is 11.6 Å². The van der Waals surface area contributed by atoms with E-state index in [1.54, 1.807) is 0 Å². The van der Waals surface area contributed by atoms with Crippen LogP contribution < -0.4 is 15.4 Å². The molecule has 1 aliphatic heterocycles. The Labute approximate surface area is 190 Å². The zero-order valence-electron chi connectivity index (χ0n) is 17.9. The first-order valence-corrected chi connectivity index (χ1v) is 11.2. The van der Waals surface area contributed by atoms with Gasteiger partial charge in [0.2, 0.25) is 0 Å². The SMILES string of the molecule is C=C(NC)[C@H](N[C@H](CCc1ccc(Cl)cc1)c1ccc2c(c1)CCO2)c1ccccc1. The predicted octanol–water partition coefficient (Wildman–Crippen LogP) is 6.01. The number of benzene rings is 3. The largest absolute Gasteiger partial charge is 0.493 e. The second kappa shape index (κ2) is 10.0. The molecule has 1 aliphatic rings. The van der Waals surface area contributed by atoms with Crippen LogP contribution in [0.1, 0.15) is 40.8 Å². The number of likely N-dealkylation sites (N-methyl/N-ethyl adjacent to an activating group) is 1. The minimum Gasteiger partial charge on any atom is -0.493 e. The van der Waals surface area contributed by atoms with Gasteiger partial charge in [0.15, 0.2) is 0 Å². The van der Waals surface area contributed by atoms with Crippen molar-refractivity contribution in [2.45, 2.75) is 31.3 Å². The lowest BCUT2D eigenvalue weighted by atomic mass is 9.94. The molecule has 160 valence electrons. The molecule has 0 bridgehead atoms. The highest BCUT2D eigenvalue weighted by Gasteiger charge is 2.22. The van der Waals surface area contributed by atoms with Crippen molar-refractivity contribution >= 4 is 11.6 Å². The normalized spacial score (nSPS) is 14.4. The number of hydrogen-bond donors (Lipinski definition) is 2. The first kappa shape index (κ1) is 21.5. The third kappa shape index (κ3) is 5.30. The maximum Gasteiger partial charge on any atom is 0.122 e. The fourth-order valence-corrected chi connectivity index (χ4v) is 4.25. The van der Waals surface area contributed by atoms with E-state index in [1.165, 1.54) is 22.3 Å². The van der Waals surface area contributed by atoms with E-state index in [0.29, 0.717) is 0 Å². The first-order valence-electron chi connectivity index (χ1n) is 10.8. The summed E-state index contributed by atoms with van der Waals surface area (Å²) in [7, 11) is 1.93. The molecule has 0 spiro atoms. The fraction of sp³-hybridized carbons (Fsp3) is 0.259. The molecule has 3 nitrogen and oxygen atoms in total. The second-order valence-electron chi connectivity index (χ2n) is 7.97. The molecule has 2 atom stereocenters. The van der Waals surface area contributed by atoms with Crippen LogP contribution in [-0.4, -0.2) is 13.7 Å². The standard InChI is InChI=1S/C27H29ClN2O/c1-19(29-2)27(21-6-4-3-5-7-21)30-25(14-10-20-8-12-24(28)13-9-20)22-11-15-26-23(18-22)16-17-31-26/h3-9,11-13,15,18,25,27,29-30H,1,10,14,16-17H2,2H3/t25-,27+/m1/s1. The van der Waals surface area contributed by atoms with Gasteiger partial charge >= 0.3 is 0 Å². The van der Waals surface area contributed by atoms with Gasteiger partial charge < -0.3 is 10.1 Å². The van der Waals surface area contributed by atoms with Crippen LogP contribution in [0.2, 0.25) is 5.02 Å². The summed E-state index contributed by atoms with van der Waals surface area (Å²) in [5, 5.41) is 7.90. The minimum atomic E-state index is 0.00548. The Morgan fingerprint density at radius 1 is 1.03 bits per heavy atom. The summed E-state index contributed by atoms with van der Waals surface area (Å²) in [5.41, 5.74) is 6.00. The van der Waals surface area contributed by atoms with Crippen LogP contribution in [0.15, 0.2) is 85.1 Å². The van der Waals surface area contributed by atoms with E-state index in [-0.39, 0.29) is 12.1 Å². The van der Waals surface area contributed by atoms with Crippen molar-refractivity contribution < 1.29 is 4.74 Å². The second-order valence-corrected chi connectivity index (χ2v) is 8.41. The average molecular weight is 433 g/mol. The van der Waals surface area contributed by atoms with Gasteiger partial charge in [-0.2, -0.15) is 0 Å². The van der Waals surface area contributed by atoms with Crippen molar-refractivity contribution in [1.29, 1.82) is 0 Å². The number of fused-ring (bicyclic) bond motifs is 1. The molecule has 3 aromatic rings. The van der Waals surface area contributed by atoms with Crippen LogP contribution in [0, 0.1) is 0 Å². The zero-order chi connectivity index (χ0) is 21.6. The number of aryl methyl sites for hydroxylation is 1. The Morgan fingerprint density at radius 3 is 2.55 bits per heavy atom. The molecule has 0 amide bonds. The molecule has 0 aromatic heterocycles. The van der Waals surface area contributed by atoms with Gasteiger partial charge in [-0.25, -0.2) is 0 Å². The van der Waals surface area contributed by atoms with Gasteiger partial charge in [0, 0.05) is 30.2 Å². The topological polar surface area (TPSA) is 33.3 Å². The zero-order valence-corrected chi connectivity index (χ0v) is 18.7. The first-order chi connectivity index (χ1) is 15.1. The van der Waals surface area contributed by atoms with Crippen LogP contribution in [0.5, 0.6) is 5.75 Å². The molecule has 0 aliphatic carbocycles. The Hall–Kier alpha value is -2.75. The maximum absolute atomic E-state index is 6.07. The molecule has 1 heterocycles. The van der Waals surface area contributed by atoms with Crippen LogP contribution in [0.4, 0.5) is 0 Å². The molecule has 0 unspecified atom stereocenters. The number of rotatable bonds is 9. The van der Waals surface area contributed by atoms with E-state index >= 15 is 0 Å². The van der Waals surface area contributed by atoms with Gasteiger partial charge in [0.05, 0.1) is 12.6 Å². The van der Waals surface area contributed by atoms with E-state index in [0.717, 1.165) is 42.3 Å². The molecule has 0 fully saturated rings. The van der Waals surface area contributed by atoms with E-state index < -0.39 is 0 Å². The average Bonchev–Trinajstić information content (AvgIpc) is 3.28. The Balaban J connectivity index is 1.61. The summed E-state index contributed by atoms with van der Waals surface area (Å²) >= 11 is 6.07. The van der Waals surface area contributed by atoms with Crippen molar-refractivity contribution in [2.75, 3.05) is 13.7 Å². The highest BCUT2D eigenvalue weighted by Crippen LogP contribution is 2.32. The highest BCUT2D eigenvalue weighted by atomic mass is 35.5. The summed E-state index contributed by atoms with van der Waals surface area (Å²) in [6.45, 7) is 5.04. The van der Waals surface area contributed by atoms with E-state index in [1.807, 2.05) is 25.2 Å². The summed E-state index contributed by atoms with van der Waals surface area (Å²) in [5.74, 6) is 1.01. The Morgan fingerprint density at radius 2 is 1.81 bits per heavy atom. The van der Waals surface area contributed by atoms with Gasteiger partial charge in [0.1, 0.15) is 5.75 Å². The molecule has 3 aromatic carbocycles. The van der Waals surface area contributed by atoms with E-state index in [4.69, 9.17) is 16.3 Å². The quantitative estimate of drug-likeness (QED) is 0.434. The lowest BCUT2D eigenvalue weighted by Crippen LogP contribution is -2.31. The molecule has 2 N–H and O–H groups in total. The number of ether oxygens (including phenoxy) is 1. The van der Waals surface area contributed by atoms with Gasteiger partial charge in [-0.3, -0.25) is 5.32 Å². The van der Waals surface area contributed by atoms with Gasteiger partial charge in [-0.05, 0) is 53.3 Å². The number of halogens is 1. The van der Waals surface area contributed by atoms with Crippen LogP contribution in [-0.2, 0) is 12.8 Å². The molecular formula is C27H29ClN2O. The summed E-state index contributed by atoms with van der Waals surface area (Å²) in [4.78, 5) is 0. The third-order valence-electron chi connectivity index (χ3n) is 5.92. The monoisotopic (exact) mass is 432 g/mol.